The quantitative estimate of drug-likeness (QED) is 0.887. The topological polar surface area (TPSA) is 45.2 Å². The largest absolute Gasteiger partial charge is 0.376 e. The van der Waals surface area contributed by atoms with Crippen LogP contribution in [0, 0.1) is 0 Å². The Bertz CT molecular complexity index is 659. The molecule has 0 saturated carbocycles. The van der Waals surface area contributed by atoms with Crippen molar-refractivity contribution < 1.29 is 4.79 Å². The number of hydrogen-bond donors (Lipinski definition) is 1. The minimum atomic E-state index is 0.0948. The molecule has 0 unspecified atom stereocenters. The van der Waals surface area contributed by atoms with Gasteiger partial charge in [0, 0.05) is 25.0 Å². The first-order valence-corrected chi connectivity index (χ1v) is 7.30. The molecule has 1 N–H and O–H groups in total. The summed E-state index contributed by atoms with van der Waals surface area (Å²) in [5, 5.41) is 3.51. The standard InChI is InChI=1S/C16H16ClN3O/c17-15-9-14(5-7-18-15)19-10-16(21)20-8-6-12-3-1-2-4-13(12)11-20/h1-5,7,9H,6,8,10-11H2,(H,18,19). The third-order valence-electron chi connectivity index (χ3n) is 3.65. The number of nitrogens with zero attached hydrogens (tertiary/aromatic N) is 2. The van der Waals surface area contributed by atoms with Crippen molar-refractivity contribution in [2.75, 3.05) is 18.4 Å². The van der Waals surface area contributed by atoms with Crippen molar-refractivity contribution in [3.05, 3.63) is 58.9 Å². The molecule has 0 radical (unpaired) electrons. The highest BCUT2D eigenvalue weighted by Gasteiger charge is 2.19. The highest BCUT2D eigenvalue weighted by atomic mass is 35.5. The number of fused-ring (bicyclic) bond motifs is 1. The van der Waals surface area contributed by atoms with Crippen LogP contribution in [0.15, 0.2) is 42.6 Å². The van der Waals surface area contributed by atoms with E-state index in [1.54, 1.807) is 18.3 Å². The van der Waals surface area contributed by atoms with E-state index >= 15 is 0 Å². The van der Waals surface area contributed by atoms with E-state index in [-0.39, 0.29) is 12.5 Å². The third kappa shape index (κ3) is 3.34. The molecule has 1 aliphatic rings. The van der Waals surface area contributed by atoms with E-state index < -0.39 is 0 Å². The van der Waals surface area contributed by atoms with E-state index in [9.17, 15) is 4.79 Å². The lowest BCUT2D eigenvalue weighted by molar-refractivity contribution is -0.130. The molecule has 108 valence electrons. The van der Waals surface area contributed by atoms with E-state index in [0.29, 0.717) is 11.7 Å². The van der Waals surface area contributed by atoms with Gasteiger partial charge in [-0.2, -0.15) is 0 Å². The van der Waals surface area contributed by atoms with Gasteiger partial charge in [-0.1, -0.05) is 35.9 Å². The van der Waals surface area contributed by atoms with Crippen LogP contribution in [0.1, 0.15) is 11.1 Å². The van der Waals surface area contributed by atoms with Gasteiger partial charge in [0.1, 0.15) is 5.15 Å². The first-order chi connectivity index (χ1) is 10.2. The van der Waals surface area contributed by atoms with Crippen LogP contribution in [0.25, 0.3) is 0 Å². The van der Waals surface area contributed by atoms with E-state index in [1.165, 1.54) is 11.1 Å². The minimum Gasteiger partial charge on any atom is -0.376 e. The van der Waals surface area contributed by atoms with Crippen LogP contribution in [-0.2, 0) is 17.8 Å². The Morgan fingerprint density at radius 3 is 2.90 bits per heavy atom. The predicted molar refractivity (Wildman–Crippen MR) is 83.3 cm³/mol. The molecule has 1 aromatic carbocycles. The molecule has 4 nitrogen and oxygen atoms in total. The van der Waals surface area contributed by atoms with Gasteiger partial charge in [0.25, 0.3) is 0 Å². The molecule has 5 heteroatoms. The van der Waals surface area contributed by atoms with Crippen LogP contribution >= 0.6 is 11.6 Å². The summed E-state index contributed by atoms with van der Waals surface area (Å²) in [6.07, 6.45) is 2.54. The summed E-state index contributed by atoms with van der Waals surface area (Å²) in [4.78, 5) is 18.1. The molecule has 1 aliphatic heterocycles. The molecular weight excluding hydrogens is 286 g/mol. The summed E-state index contributed by atoms with van der Waals surface area (Å²) < 4.78 is 0. The molecule has 3 rings (SSSR count). The summed E-state index contributed by atoms with van der Waals surface area (Å²) in [5.41, 5.74) is 3.39. The lowest BCUT2D eigenvalue weighted by Crippen LogP contribution is -2.39. The van der Waals surface area contributed by atoms with E-state index in [0.717, 1.165) is 18.7 Å². The number of halogens is 1. The molecule has 0 fully saturated rings. The second-order valence-corrected chi connectivity index (χ2v) is 5.44. The van der Waals surface area contributed by atoms with Gasteiger partial charge in [-0.05, 0) is 29.7 Å². The lowest BCUT2D eigenvalue weighted by Gasteiger charge is -2.29. The van der Waals surface area contributed by atoms with Crippen molar-refractivity contribution >= 4 is 23.2 Å². The van der Waals surface area contributed by atoms with Gasteiger partial charge in [-0.25, -0.2) is 4.98 Å². The van der Waals surface area contributed by atoms with Crippen molar-refractivity contribution in [1.29, 1.82) is 0 Å². The van der Waals surface area contributed by atoms with Crippen molar-refractivity contribution in [3.63, 3.8) is 0 Å². The first kappa shape index (κ1) is 13.9. The number of carbonyl (C=O) groups is 1. The first-order valence-electron chi connectivity index (χ1n) is 6.92. The van der Waals surface area contributed by atoms with Crippen molar-refractivity contribution in [1.82, 2.24) is 9.88 Å². The number of pyridine rings is 1. The van der Waals surface area contributed by atoms with Crippen molar-refractivity contribution in [2.24, 2.45) is 0 Å². The normalized spacial score (nSPS) is 13.7. The van der Waals surface area contributed by atoms with Crippen molar-refractivity contribution in [2.45, 2.75) is 13.0 Å². The Morgan fingerprint density at radius 1 is 1.29 bits per heavy atom. The molecule has 2 heterocycles. The SMILES string of the molecule is O=C(CNc1ccnc(Cl)c1)N1CCc2ccccc2C1. The number of aromatic nitrogens is 1. The summed E-state index contributed by atoms with van der Waals surface area (Å²) in [6, 6.07) is 11.8. The van der Waals surface area contributed by atoms with Gasteiger partial charge in [-0.3, -0.25) is 4.79 Å². The number of anilines is 1. The molecule has 1 amide bonds. The van der Waals surface area contributed by atoms with E-state index in [1.807, 2.05) is 17.0 Å². The lowest BCUT2D eigenvalue weighted by atomic mass is 10.00. The van der Waals surface area contributed by atoms with Crippen LogP contribution < -0.4 is 5.32 Å². The summed E-state index contributed by atoms with van der Waals surface area (Å²) in [5.74, 6) is 0.0948. The zero-order chi connectivity index (χ0) is 14.7. The Labute approximate surface area is 128 Å². The van der Waals surface area contributed by atoms with Gasteiger partial charge in [0.15, 0.2) is 0 Å². The Balaban J connectivity index is 1.59. The van der Waals surface area contributed by atoms with Crippen LogP contribution in [0.3, 0.4) is 0 Å². The summed E-state index contributed by atoms with van der Waals surface area (Å²) in [6.45, 7) is 1.73. The monoisotopic (exact) mass is 301 g/mol. The number of carbonyl (C=O) groups excluding carboxylic acids is 1. The van der Waals surface area contributed by atoms with Crippen LogP contribution in [0.4, 0.5) is 5.69 Å². The maximum Gasteiger partial charge on any atom is 0.242 e. The average molecular weight is 302 g/mol. The van der Waals surface area contributed by atoms with Gasteiger partial charge in [-0.15, -0.1) is 0 Å². The average Bonchev–Trinajstić information content (AvgIpc) is 2.52. The molecule has 0 saturated heterocycles. The molecule has 0 spiro atoms. The maximum absolute atomic E-state index is 12.3. The Morgan fingerprint density at radius 2 is 2.10 bits per heavy atom. The molecule has 21 heavy (non-hydrogen) atoms. The zero-order valence-electron chi connectivity index (χ0n) is 11.6. The number of hydrogen-bond acceptors (Lipinski definition) is 3. The molecular formula is C16H16ClN3O. The summed E-state index contributed by atoms with van der Waals surface area (Å²) >= 11 is 5.82. The fraction of sp³-hybridized carbons (Fsp3) is 0.250. The molecule has 0 aliphatic carbocycles. The van der Waals surface area contributed by atoms with Crippen molar-refractivity contribution in [3.8, 4) is 0 Å². The van der Waals surface area contributed by atoms with Gasteiger partial charge in [0.05, 0.1) is 6.54 Å². The highest BCUT2D eigenvalue weighted by Crippen LogP contribution is 2.18. The van der Waals surface area contributed by atoms with Crippen LogP contribution in [-0.4, -0.2) is 28.9 Å². The molecule has 0 atom stereocenters. The predicted octanol–water partition coefficient (Wildman–Crippen LogP) is 2.73. The molecule has 0 bridgehead atoms. The molecule has 1 aromatic heterocycles. The third-order valence-corrected chi connectivity index (χ3v) is 3.86. The highest BCUT2D eigenvalue weighted by molar-refractivity contribution is 6.29. The second kappa shape index (κ2) is 6.14. The Hall–Kier alpha value is -2.07. The fourth-order valence-corrected chi connectivity index (χ4v) is 2.68. The second-order valence-electron chi connectivity index (χ2n) is 5.05. The van der Waals surface area contributed by atoms with Gasteiger partial charge < -0.3 is 10.2 Å². The van der Waals surface area contributed by atoms with Gasteiger partial charge >= 0.3 is 0 Å². The fourth-order valence-electron chi connectivity index (χ4n) is 2.51. The number of nitrogens with one attached hydrogen (secondary N) is 1. The minimum absolute atomic E-state index is 0.0948. The smallest absolute Gasteiger partial charge is 0.242 e. The van der Waals surface area contributed by atoms with E-state index in [4.69, 9.17) is 11.6 Å². The van der Waals surface area contributed by atoms with Crippen LogP contribution in [0.2, 0.25) is 5.15 Å². The summed E-state index contributed by atoms with van der Waals surface area (Å²) in [7, 11) is 0. The molecule has 2 aromatic rings. The van der Waals surface area contributed by atoms with E-state index in [2.05, 4.69) is 22.4 Å². The van der Waals surface area contributed by atoms with Crippen LogP contribution in [0.5, 0.6) is 0 Å². The maximum atomic E-state index is 12.3. The Kier molecular flexibility index (Phi) is 4.06. The number of rotatable bonds is 3. The number of amides is 1. The van der Waals surface area contributed by atoms with Gasteiger partial charge in [0.2, 0.25) is 5.91 Å². The zero-order valence-corrected chi connectivity index (χ0v) is 12.3. The number of benzene rings is 1.